The van der Waals surface area contributed by atoms with Gasteiger partial charge in [0, 0.05) is 5.56 Å². The molecule has 2 aromatic carbocycles. The highest BCUT2D eigenvalue weighted by atomic mass is 35.5. The van der Waals surface area contributed by atoms with E-state index in [1.54, 1.807) is 24.3 Å². The second kappa shape index (κ2) is 6.27. The van der Waals surface area contributed by atoms with Gasteiger partial charge in [0.25, 0.3) is 0 Å². The molecule has 5 heteroatoms. The van der Waals surface area contributed by atoms with Crippen LogP contribution in [0, 0.1) is 17.1 Å². The van der Waals surface area contributed by atoms with Crippen LogP contribution in [0.1, 0.15) is 11.6 Å². The van der Waals surface area contributed by atoms with Crippen molar-refractivity contribution < 1.29 is 9.13 Å². The third kappa shape index (κ3) is 2.84. The molecule has 0 amide bonds. The Hall–Kier alpha value is -2.25. The highest BCUT2D eigenvalue weighted by Gasteiger charge is 2.18. The standard InChI is InChI=1S/C15H12ClFN2O/c1-20-14-8-3-2-7-12(14)19-13(9-18)10-5-4-6-11(16)15(10)17/h2-8,13,19H,1H3. The van der Waals surface area contributed by atoms with E-state index in [2.05, 4.69) is 5.32 Å². The minimum Gasteiger partial charge on any atom is -0.495 e. The zero-order valence-electron chi connectivity index (χ0n) is 10.7. The van der Waals surface area contributed by atoms with Crippen molar-refractivity contribution in [1.82, 2.24) is 0 Å². The van der Waals surface area contributed by atoms with E-state index >= 15 is 0 Å². The smallest absolute Gasteiger partial charge is 0.148 e. The van der Waals surface area contributed by atoms with Crippen molar-refractivity contribution in [2.45, 2.75) is 6.04 Å². The summed E-state index contributed by atoms with van der Waals surface area (Å²) >= 11 is 5.74. The molecule has 0 saturated carbocycles. The van der Waals surface area contributed by atoms with Gasteiger partial charge in [0.05, 0.1) is 23.9 Å². The van der Waals surface area contributed by atoms with Crippen LogP contribution in [0.5, 0.6) is 5.75 Å². The lowest BCUT2D eigenvalue weighted by Crippen LogP contribution is -2.11. The van der Waals surface area contributed by atoms with E-state index in [9.17, 15) is 9.65 Å². The van der Waals surface area contributed by atoms with Crippen molar-refractivity contribution in [3.63, 3.8) is 0 Å². The predicted octanol–water partition coefficient (Wildman–Crippen LogP) is 4.16. The third-order valence-electron chi connectivity index (χ3n) is 2.83. The molecule has 1 unspecified atom stereocenters. The third-order valence-corrected chi connectivity index (χ3v) is 3.12. The topological polar surface area (TPSA) is 45.0 Å². The van der Waals surface area contributed by atoms with Crippen LogP contribution in [-0.2, 0) is 0 Å². The number of nitriles is 1. The van der Waals surface area contributed by atoms with E-state index in [-0.39, 0.29) is 10.6 Å². The van der Waals surface area contributed by atoms with Gasteiger partial charge >= 0.3 is 0 Å². The minimum atomic E-state index is -0.856. The zero-order chi connectivity index (χ0) is 14.5. The summed E-state index contributed by atoms with van der Waals surface area (Å²) in [5, 5.41) is 12.2. The van der Waals surface area contributed by atoms with E-state index in [0.29, 0.717) is 11.4 Å². The maximum Gasteiger partial charge on any atom is 0.148 e. The fourth-order valence-corrected chi connectivity index (χ4v) is 2.02. The summed E-state index contributed by atoms with van der Waals surface area (Å²) in [6.45, 7) is 0. The number of hydrogen-bond donors (Lipinski definition) is 1. The molecule has 0 spiro atoms. The van der Waals surface area contributed by atoms with E-state index in [1.807, 2.05) is 12.1 Å². The van der Waals surface area contributed by atoms with E-state index in [1.165, 1.54) is 19.2 Å². The highest BCUT2D eigenvalue weighted by molar-refractivity contribution is 6.30. The van der Waals surface area contributed by atoms with Crippen molar-refractivity contribution in [1.29, 1.82) is 5.26 Å². The van der Waals surface area contributed by atoms with Crippen molar-refractivity contribution in [2.24, 2.45) is 0 Å². The average Bonchev–Trinajstić information content (AvgIpc) is 2.48. The Morgan fingerprint density at radius 2 is 2.00 bits per heavy atom. The molecule has 20 heavy (non-hydrogen) atoms. The van der Waals surface area contributed by atoms with Gasteiger partial charge in [-0.25, -0.2) is 4.39 Å². The fourth-order valence-electron chi connectivity index (χ4n) is 1.84. The van der Waals surface area contributed by atoms with Crippen LogP contribution in [0.15, 0.2) is 42.5 Å². The maximum atomic E-state index is 14.0. The average molecular weight is 291 g/mol. The summed E-state index contributed by atoms with van der Waals surface area (Å²) in [7, 11) is 1.53. The summed E-state index contributed by atoms with van der Waals surface area (Å²) in [4.78, 5) is 0. The monoisotopic (exact) mass is 290 g/mol. The first-order valence-corrected chi connectivity index (χ1v) is 6.28. The van der Waals surface area contributed by atoms with Crippen molar-refractivity contribution in [3.05, 3.63) is 58.9 Å². The Kier molecular flexibility index (Phi) is 4.44. The number of rotatable bonds is 4. The van der Waals surface area contributed by atoms with Crippen LogP contribution in [0.2, 0.25) is 5.02 Å². The Morgan fingerprint density at radius 1 is 1.25 bits per heavy atom. The summed E-state index contributed by atoms with van der Waals surface area (Å²) in [6.07, 6.45) is 0. The van der Waals surface area contributed by atoms with Crippen molar-refractivity contribution in [3.8, 4) is 11.8 Å². The molecule has 0 aliphatic heterocycles. The number of methoxy groups -OCH3 is 1. The minimum absolute atomic E-state index is 0.00965. The van der Waals surface area contributed by atoms with Crippen molar-refractivity contribution in [2.75, 3.05) is 12.4 Å². The summed E-state index contributed by atoms with van der Waals surface area (Å²) < 4.78 is 19.2. The Morgan fingerprint density at radius 3 is 2.70 bits per heavy atom. The van der Waals surface area contributed by atoms with Gasteiger partial charge in [-0.1, -0.05) is 35.9 Å². The molecular weight excluding hydrogens is 279 g/mol. The van der Waals surface area contributed by atoms with Gasteiger partial charge in [-0.05, 0) is 18.2 Å². The molecule has 0 heterocycles. The number of halogens is 2. The molecule has 2 rings (SSSR count). The van der Waals surface area contributed by atoms with E-state index < -0.39 is 11.9 Å². The SMILES string of the molecule is COc1ccccc1NC(C#N)c1cccc(Cl)c1F. The Bertz CT molecular complexity index is 655. The maximum absolute atomic E-state index is 14.0. The Labute approximate surface area is 121 Å². The first-order valence-electron chi connectivity index (χ1n) is 5.90. The summed E-state index contributed by atoms with van der Waals surface area (Å²) in [5.41, 5.74) is 0.812. The lowest BCUT2D eigenvalue weighted by Gasteiger charge is -2.16. The highest BCUT2D eigenvalue weighted by Crippen LogP contribution is 2.30. The van der Waals surface area contributed by atoms with Crippen LogP contribution >= 0.6 is 11.6 Å². The summed E-state index contributed by atoms with van der Waals surface area (Å²) in [5.74, 6) is -0.0155. The molecule has 1 N–H and O–H groups in total. The number of nitrogens with zero attached hydrogens (tertiary/aromatic N) is 1. The normalized spacial score (nSPS) is 11.5. The van der Waals surface area contributed by atoms with Gasteiger partial charge in [-0.3, -0.25) is 0 Å². The zero-order valence-corrected chi connectivity index (χ0v) is 11.5. The number of benzene rings is 2. The van der Waals surface area contributed by atoms with Crippen molar-refractivity contribution >= 4 is 17.3 Å². The van der Waals surface area contributed by atoms with E-state index in [0.717, 1.165) is 0 Å². The molecule has 0 aromatic heterocycles. The number of hydrogen-bond acceptors (Lipinski definition) is 3. The van der Waals surface area contributed by atoms with Crippen LogP contribution < -0.4 is 10.1 Å². The number of para-hydroxylation sites is 2. The molecule has 1 atom stereocenters. The van der Waals surface area contributed by atoms with Gasteiger partial charge in [-0.15, -0.1) is 0 Å². The Balaban J connectivity index is 2.35. The molecule has 3 nitrogen and oxygen atoms in total. The molecule has 0 aliphatic carbocycles. The van der Waals surface area contributed by atoms with Gasteiger partial charge in [-0.2, -0.15) is 5.26 Å². The largest absolute Gasteiger partial charge is 0.495 e. The predicted molar refractivity (Wildman–Crippen MR) is 76.4 cm³/mol. The number of nitrogens with one attached hydrogen (secondary N) is 1. The molecule has 102 valence electrons. The molecular formula is C15H12ClFN2O. The lowest BCUT2D eigenvalue weighted by atomic mass is 10.1. The molecule has 2 aromatic rings. The van der Waals surface area contributed by atoms with Gasteiger partial charge < -0.3 is 10.1 Å². The molecule has 0 bridgehead atoms. The van der Waals surface area contributed by atoms with Gasteiger partial charge in [0.1, 0.15) is 17.6 Å². The first kappa shape index (κ1) is 14.2. The fraction of sp³-hybridized carbons (Fsp3) is 0.133. The second-order valence-corrected chi connectivity index (χ2v) is 4.46. The molecule has 0 saturated heterocycles. The van der Waals surface area contributed by atoms with Crippen LogP contribution in [0.25, 0.3) is 0 Å². The second-order valence-electron chi connectivity index (χ2n) is 4.05. The number of ether oxygens (including phenoxy) is 1. The van der Waals surface area contributed by atoms with Gasteiger partial charge in [0.2, 0.25) is 0 Å². The first-order chi connectivity index (χ1) is 9.67. The molecule has 0 fully saturated rings. The number of anilines is 1. The van der Waals surface area contributed by atoms with E-state index in [4.69, 9.17) is 16.3 Å². The molecule has 0 radical (unpaired) electrons. The lowest BCUT2D eigenvalue weighted by molar-refractivity contribution is 0.416. The summed E-state index contributed by atoms with van der Waals surface area (Å²) in [6, 6.07) is 12.9. The van der Waals surface area contributed by atoms with Crippen LogP contribution in [-0.4, -0.2) is 7.11 Å². The van der Waals surface area contributed by atoms with Crippen LogP contribution in [0.4, 0.5) is 10.1 Å². The van der Waals surface area contributed by atoms with Gasteiger partial charge in [0.15, 0.2) is 0 Å². The van der Waals surface area contributed by atoms with Crippen LogP contribution in [0.3, 0.4) is 0 Å². The quantitative estimate of drug-likeness (QED) is 0.919. The molecule has 0 aliphatic rings.